The lowest BCUT2D eigenvalue weighted by Gasteiger charge is -2.15. The summed E-state index contributed by atoms with van der Waals surface area (Å²) in [7, 11) is 0. The van der Waals surface area contributed by atoms with Crippen molar-refractivity contribution in [1.29, 1.82) is 0 Å². The summed E-state index contributed by atoms with van der Waals surface area (Å²) in [5, 5.41) is 18.5. The molecule has 4 heteroatoms. The molecule has 0 saturated heterocycles. The molecule has 0 aliphatic heterocycles. The highest BCUT2D eigenvalue weighted by molar-refractivity contribution is 5.96. The van der Waals surface area contributed by atoms with E-state index in [-0.39, 0.29) is 17.0 Å². The summed E-state index contributed by atoms with van der Waals surface area (Å²) < 4.78 is 0. The highest BCUT2D eigenvalue weighted by atomic mass is 16.4. The second-order valence-electron chi connectivity index (χ2n) is 4.96. The van der Waals surface area contributed by atoms with E-state index in [0.29, 0.717) is 12.0 Å². The van der Waals surface area contributed by atoms with Crippen LogP contribution in [0.25, 0.3) is 0 Å². The van der Waals surface area contributed by atoms with Crippen LogP contribution in [0.1, 0.15) is 44.7 Å². The number of carboxylic acid groups (broad SMARTS) is 2. The minimum Gasteiger partial charge on any atom is -0.478 e. The Morgan fingerprint density at radius 3 is 1.90 bits per heavy atom. The summed E-state index contributed by atoms with van der Waals surface area (Å²) in [5.74, 6) is -2.17. The SMILES string of the molecule is CC(Cc1c(C(=O)O)cccc1C(=O)O)c1ccccc1. The van der Waals surface area contributed by atoms with Gasteiger partial charge in [-0.3, -0.25) is 0 Å². The maximum Gasteiger partial charge on any atom is 0.335 e. The molecule has 2 aromatic rings. The highest BCUT2D eigenvalue weighted by Crippen LogP contribution is 2.25. The number of hydrogen-bond donors (Lipinski definition) is 2. The lowest BCUT2D eigenvalue weighted by molar-refractivity contribution is 0.0695. The quantitative estimate of drug-likeness (QED) is 0.882. The zero-order valence-corrected chi connectivity index (χ0v) is 11.6. The standard InChI is InChI=1S/C17H16O4/c1-11(12-6-3-2-4-7-12)10-15-13(16(18)19)8-5-9-14(15)17(20)21/h2-9,11H,10H2,1H3,(H,18,19)(H,20,21). The van der Waals surface area contributed by atoms with Crippen molar-refractivity contribution in [3.05, 3.63) is 70.8 Å². The first kappa shape index (κ1) is 14.8. The molecule has 0 bridgehead atoms. The van der Waals surface area contributed by atoms with Crippen LogP contribution in [0.3, 0.4) is 0 Å². The van der Waals surface area contributed by atoms with Gasteiger partial charge in [0.05, 0.1) is 11.1 Å². The van der Waals surface area contributed by atoms with Crippen LogP contribution in [-0.2, 0) is 6.42 Å². The van der Waals surface area contributed by atoms with Gasteiger partial charge in [0.25, 0.3) is 0 Å². The van der Waals surface area contributed by atoms with Gasteiger partial charge in [-0.25, -0.2) is 9.59 Å². The van der Waals surface area contributed by atoms with E-state index in [9.17, 15) is 19.8 Å². The van der Waals surface area contributed by atoms with Gasteiger partial charge in [0.2, 0.25) is 0 Å². The summed E-state index contributed by atoms with van der Waals surface area (Å²) in [5.41, 5.74) is 1.53. The molecule has 0 amide bonds. The first-order valence-electron chi connectivity index (χ1n) is 6.64. The molecule has 21 heavy (non-hydrogen) atoms. The van der Waals surface area contributed by atoms with Crippen molar-refractivity contribution in [3.8, 4) is 0 Å². The molecule has 2 N–H and O–H groups in total. The largest absolute Gasteiger partial charge is 0.478 e. The molecular formula is C17H16O4. The Morgan fingerprint density at radius 2 is 1.43 bits per heavy atom. The van der Waals surface area contributed by atoms with Crippen molar-refractivity contribution in [1.82, 2.24) is 0 Å². The third-order valence-electron chi connectivity index (χ3n) is 3.52. The van der Waals surface area contributed by atoms with Crippen molar-refractivity contribution in [3.63, 3.8) is 0 Å². The lowest BCUT2D eigenvalue weighted by atomic mass is 9.88. The molecule has 108 valence electrons. The zero-order chi connectivity index (χ0) is 15.4. The van der Waals surface area contributed by atoms with Crippen LogP contribution < -0.4 is 0 Å². The van der Waals surface area contributed by atoms with Crippen LogP contribution in [0.2, 0.25) is 0 Å². The second kappa shape index (κ2) is 6.22. The van der Waals surface area contributed by atoms with E-state index >= 15 is 0 Å². The summed E-state index contributed by atoms with van der Waals surface area (Å²) >= 11 is 0. The Hall–Kier alpha value is -2.62. The van der Waals surface area contributed by atoms with Gasteiger partial charge in [-0.05, 0) is 35.6 Å². The summed E-state index contributed by atoms with van der Waals surface area (Å²) in [6.45, 7) is 1.96. The third-order valence-corrected chi connectivity index (χ3v) is 3.52. The van der Waals surface area contributed by atoms with Gasteiger partial charge in [-0.2, -0.15) is 0 Å². The molecular weight excluding hydrogens is 268 g/mol. The molecule has 0 radical (unpaired) electrons. The fourth-order valence-corrected chi connectivity index (χ4v) is 2.41. The maximum absolute atomic E-state index is 11.3. The molecule has 1 unspecified atom stereocenters. The number of carboxylic acids is 2. The Kier molecular flexibility index (Phi) is 4.38. The molecule has 0 fully saturated rings. The van der Waals surface area contributed by atoms with Crippen LogP contribution in [0, 0.1) is 0 Å². The first-order chi connectivity index (χ1) is 10.0. The normalized spacial score (nSPS) is 11.9. The summed E-state index contributed by atoms with van der Waals surface area (Å²) in [4.78, 5) is 22.6. The molecule has 0 heterocycles. The monoisotopic (exact) mass is 284 g/mol. The number of carbonyl (C=O) groups is 2. The van der Waals surface area contributed by atoms with Crippen molar-refractivity contribution < 1.29 is 19.8 Å². The molecule has 1 atom stereocenters. The van der Waals surface area contributed by atoms with Crippen molar-refractivity contribution in [2.45, 2.75) is 19.3 Å². The van der Waals surface area contributed by atoms with E-state index in [0.717, 1.165) is 5.56 Å². The van der Waals surface area contributed by atoms with Crippen molar-refractivity contribution in [2.75, 3.05) is 0 Å². The number of aromatic carboxylic acids is 2. The smallest absolute Gasteiger partial charge is 0.335 e. The van der Waals surface area contributed by atoms with Gasteiger partial charge in [0, 0.05) is 0 Å². The van der Waals surface area contributed by atoms with Crippen molar-refractivity contribution in [2.24, 2.45) is 0 Å². The molecule has 4 nitrogen and oxygen atoms in total. The number of hydrogen-bond acceptors (Lipinski definition) is 2. The van der Waals surface area contributed by atoms with E-state index in [1.165, 1.54) is 18.2 Å². The van der Waals surface area contributed by atoms with Gasteiger partial charge in [0.15, 0.2) is 0 Å². The fourth-order valence-electron chi connectivity index (χ4n) is 2.41. The van der Waals surface area contributed by atoms with Crippen LogP contribution >= 0.6 is 0 Å². The van der Waals surface area contributed by atoms with Gasteiger partial charge in [-0.1, -0.05) is 43.3 Å². The van der Waals surface area contributed by atoms with E-state index in [1.54, 1.807) is 0 Å². The second-order valence-corrected chi connectivity index (χ2v) is 4.96. The summed E-state index contributed by atoms with van der Waals surface area (Å²) in [6.07, 6.45) is 0.369. The van der Waals surface area contributed by atoms with Crippen LogP contribution in [-0.4, -0.2) is 22.2 Å². The number of benzene rings is 2. The average molecular weight is 284 g/mol. The molecule has 0 aliphatic carbocycles. The zero-order valence-electron chi connectivity index (χ0n) is 11.6. The van der Waals surface area contributed by atoms with Crippen LogP contribution in [0.4, 0.5) is 0 Å². The Morgan fingerprint density at radius 1 is 0.905 bits per heavy atom. The van der Waals surface area contributed by atoms with Crippen molar-refractivity contribution >= 4 is 11.9 Å². The van der Waals surface area contributed by atoms with Gasteiger partial charge < -0.3 is 10.2 Å². The minimum absolute atomic E-state index is 0.0322. The Labute approximate surface area is 122 Å². The van der Waals surface area contributed by atoms with E-state index in [4.69, 9.17) is 0 Å². The summed E-state index contributed by atoms with van der Waals surface area (Å²) in [6, 6.07) is 14.0. The number of rotatable bonds is 5. The topological polar surface area (TPSA) is 74.6 Å². The lowest BCUT2D eigenvalue weighted by Crippen LogP contribution is -2.12. The molecule has 0 saturated carbocycles. The van der Waals surface area contributed by atoms with Gasteiger partial charge in [0.1, 0.15) is 0 Å². The highest BCUT2D eigenvalue weighted by Gasteiger charge is 2.20. The van der Waals surface area contributed by atoms with E-state index in [2.05, 4.69) is 0 Å². The Bertz CT molecular complexity index is 629. The van der Waals surface area contributed by atoms with Gasteiger partial charge in [-0.15, -0.1) is 0 Å². The Balaban J connectivity index is 2.42. The van der Waals surface area contributed by atoms with E-state index < -0.39 is 11.9 Å². The molecule has 0 aliphatic rings. The minimum atomic E-state index is -1.10. The molecule has 2 rings (SSSR count). The third kappa shape index (κ3) is 3.28. The predicted molar refractivity (Wildman–Crippen MR) is 78.9 cm³/mol. The van der Waals surface area contributed by atoms with Gasteiger partial charge >= 0.3 is 11.9 Å². The van der Waals surface area contributed by atoms with Crippen LogP contribution in [0.15, 0.2) is 48.5 Å². The average Bonchev–Trinajstić information content (AvgIpc) is 2.47. The fraction of sp³-hybridized carbons (Fsp3) is 0.176. The molecule has 0 spiro atoms. The molecule has 2 aromatic carbocycles. The molecule has 0 aromatic heterocycles. The van der Waals surface area contributed by atoms with Crippen LogP contribution in [0.5, 0.6) is 0 Å². The first-order valence-corrected chi connectivity index (χ1v) is 6.64. The maximum atomic E-state index is 11.3. The van der Waals surface area contributed by atoms with E-state index in [1.807, 2.05) is 37.3 Å². The predicted octanol–water partition coefficient (Wildman–Crippen LogP) is 3.43.